The molecule has 332 valence electrons. The summed E-state index contributed by atoms with van der Waals surface area (Å²) >= 11 is 0. The third-order valence-corrected chi connectivity index (χ3v) is 10.3. The standard InChI is InChI=1S/C44H55N13O6/c1-52(2)15-9-13-45-39(58)29-19-37(56(7)23-29)50-43(62)35-21-31(25-54(35)5)47-41(60)27-11-12-33-28(17-27)18-34(49-33)42(61)48-32-22-36(55(6)26-32)44(63)51-38-20-30(24-57(38)8)40(59)46-14-10-16-53(3)4/h11-12,17-26,49H,9-10,13-16H2,1-8H3,(H,45,58)(H,46,59)(H,47,60)(H,48,61)(H,50,62)(H,51,63). The Balaban J connectivity index is 1.03. The zero-order valence-electron chi connectivity index (χ0n) is 36.8. The highest BCUT2D eigenvalue weighted by Gasteiger charge is 2.20. The Hall–Kier alpha value is -7.38. The van der Waals surface area contributed by atoms with Crippen molar-refractivity contribution in [2.45, 2.75) is 12.8 Å². The minimum atomic E-state index is -0.459. The van der Waals surface area contributed by atoms with Gasteiger partial charge in [0.2, 0.25) is 0 Å². The summed E-state index contributed by atoms with van der Waals surface area (Å²) in [6, 6.07) is 12.9. The highest BCUT2D eigenvalue weighted by atomic mass is 16.2. The van der Waals surface area contributed by atoms with Gasteiger partial charge in [-0.25, -0.2) is 0 Å². The molecule has 5 aromatic heterocycles. The van der Waals surface area contributed by atoms with Crippen LogP contribution < -0.4 is 31.9 Å². The molecule has 0 fully saturated rings. The molecule has 63 heavy (non-hydrogen) atoms. The Labute approximate surface area is 364 Å². The number of aromatic amines is 1. The summed E-state index contributed by atoms with van der Waals surface area (Å²) in [6.07, 6.45) is 8.14. The van der Waals surface area contributed by atoms with Crippen molar-refractivity contribution in [2.24, 2.45) is 28.2 Å². The fraction of sp³-hybridized carbons (Fsp3) is 0.318. The zero-order chi connectivity index (χ0) is 45.5. The molecule has 6 rings (SSSR count). The number of hydrogen-bond acceptors (Lipinski definition) is 8. The van der Waals surface area contributed by atoms with E-state index in [1.165, 1.54) is 0 Å². The summed E-state index contributed by atoms with van der Waals surface area (Å²) in [7, 11) is 14.7. The number of anilines is 4. The van der Waals surface area contributed by atoms with Crippen molar-refractivity contribution in [2.75, 3.05) is 75.6 Å². The van der Waals surface area contributed by atoms with Gasteiger partial charge < -0.3 is 65.0 Å². The van der Waals surface area contributed by atoms with Crippen molar-refractivity contribution in [1.82, 2.24) is 43.7 Å². The van der Waals surface area contributed by atoms with Gasteiger partial charge in [-0.15, -0.1) is 0 Å². The molecule has 5 heterocycles. The summed E-state index contributed by atoms with van der Waals surface area (Å²) < 4.78 is 6.49. The molecule has 6 aromatic rings. The predicted molar refractivity (Wildman–Crippen MR) is 243 cm³/mol. The molecule has 19 heteroatoms. The van der Waals surface area contributed by atoms with E-state index < -0.39 is 23.6 Å². The van der Waals surface area contributed by atoms with Crippen molar-refractivity contribution in [3.05, 3.63) is 107 Å². The second-order valence-corrected chi connectivity index (χ2v) is 16.0. The van der Waals surface area contributed by atoms with Crippen LogP contribution in [0.3, 0.4) is 0 Å². The average Bonchev–Trinajstić information content (AvgIpc) is 4.06. The molecule has 0 radical (unpaired) electrons. The van der Waals surface area contributed by atoms with Crippen LogP contribution in [0.15, 0.2) is 73.3 Å². The first-order valence-corrected chi connectivity index (χ1v) is 20.3. The van der Waals surface area contributed by atoms with E-state index in [9.17, 15) is 28.8 Å². The number of nitrogens with zero attached hydrogens (tertiary/aromatic N) is 6. The van der Waals surface area contributed by atoms with E-state index in [-0.39, 0.29) is 28.9 Å². The average molecular weight is 862 g/mol. The number of aryl methyl sites for hydroxylation is 4. The topological polar surface area (TPSA) is 217 Å². The molecule has 0 aliphatic rings. The van der Waals surface area contributed by atoms with Gasteiger partial charge in [-0.2, -0.15) is 0 Å². The van der Waals surface area contributed by atoms with Crippen LogP contribution in [0.1, 0.15) is 75.4 Å². The van der Waals surface area contributed by atoms with Crippen LogP contribution in [-0.2, 0) is 28.2 Å². The summed E-state index contributed by atoms with van der Waals surface area (Å²) in [6.45, 7) is 2.76. The van der Waals surface area contributed by atoms with Crippen LogP contribution >= 0.6 is 0 Å². The van der Waals surface area contributed by atoms with E-state index >= 15 is 0 Å². The Kier molecular flexibility index (Phi) is 14.0. The molecule has 0 unspecified atom stereocenters. The molecule has 0 atom stereocenters. The molecule has 0 bridgehead atoms. The van der Waals surface area contributed by atoms with Gasteiger partial charge in [0.15, 0.2) is 0 Å². The number of aromatic nitrogens is 5. The number of fused-ring (bicyclic) bond motifs is 1. The lowest BCUT2D eigenvalue weighted by atomic mass is 10.1. The van der Waals surface area contributed by atoms with Gasteiger partial charge in [-0.05, 0) is 103 Å². The number of carbonyl (C=O) groups excluding carboxylic acids is 6. The lowest BCUT2D eigenvalue weighted by molar-refractivity contribution is 0.0944. The van der Waals surface area contributed by atoms with E-state index in [2.05, 4.69) is 36.9 Å². The molecule has 0 saturated carbocycles. The molecular weight excluding hydrogens is 807 g/mol. The van der Waals surface area contributed by atoms with Crippen molar-refractivity contribution in [3.8, 4) is 0 Å². The summed E-state index contributed by atoms with van der Waals surface area (Å²) in [5.41, 5.74) is 3.36. The maximum atomic E-state index is 13.4. The molecule has 6 amide bonds. The first-order chi connectivity index (χ1) is 29.9. The van der Waals surface area contributed by atoms with Crippen LogP contribution in [0.4, 0.5) is 23.0 Å². The predicted octanol–water partition coefficient (Wildman–Crippen LogP) is 3.89. The monoisotopic (exact) mass is 861 g/mol. The Morgan fingerprint density at radius 1 is 0.508 bits per heavy atom. The molecule has 7 N–H and O–H groups in total. The second-order valence-electron chi connectivity index (χ2n) is 16.0. The van der Waals surface area contributed by atoms with Gasteiger partial charge in [-0.3, -0.25) is 28.8 Å². The van der Waals surface area contributed by atoms with Crippen LogP contribution in [0.2, 0.25) is 0 Å². The summed E-state index contributed by atoms with van der Waals surface area (Å²) in [5.74, 6) is -1.35. The highest BCUT2D eigenvalue weighted by Crippen LogP contribution is 2.23. The number of hydrogen-bond donors (Lipinski definition) is 7. The summed E-state index contributed by atoms with van der Waals surface area (Å²) in [4.78, 5) is 85.8. The van der Waals surface area contributed by atoms with Crippen molar-refractivity contribution in [3.63, 3.8) is 0 Å². The van der Waals surface area contributed by atoms with Crippen molar-refractivity contribution >= 4 is 69.4 Å². The van der Waals surface area contributed by atoms with E-state index in [1.807, 2.05) is 38.0 Å². The van der Waals surface area contributed by atoms with E-state index in [1.54, 1.807) is 120 Å². The Morgan fingerprint density at radius 3 is 1.46 bits per heavy atom. The summed E-state index contributed by atoms with van der Waals surface area (Å²) in [5, 5.41) is 17.7. The van der Waals surface area contributed by atoms with Gasteiger partial charge in [0.25, 0.3) is 35.4 Å². The second kappa shape index (κ2) is 19.6. The zero-order valence-corrected chi connectivity index (χ0v) is 36.8. The molecule has 0 spiro atoms. The van der Waals surface area contributed by atoms with E-state index in [4.69, 9.17) is 0 Å². The van der Waals surface area contributed by atoms with E-state index in [0.29, 0.717) is 63.7 Å². The van der Waals surface area contributed by atoms with Crippen LogP contribution in [-0.4, -0.2) is 123 Å². The number of nitrogens with one attached hydrogen (secondary N) is 7. The third kappa shape index (κ3) is 11.3. The largest absolute Gasteiger partial charge is 0.352 e. The van der Waals surface area contributed by atoms with Gasteiger partial charge >= 0.3 is 0 Å². The fourth-order valence-corrected chi connectivity index (χ4v) is 6.90. The first-order valence-electron chi connectivity index (χ1n) is 20.3. The Bertz CT molecular complexity index is 2530. The van der Waals surface area contributed by atoms with Crippen LogP contribution in [0.5, 0.6) is 0 Å². The normalized spacial score (nSPS) is 11.3. The van der Waals surface area contributed by atoms with Gasteiger partial charge in [0.05, 0.1) is 22.5 Å². The number of rotatable bonds is 18. The van der Waals surface area contributed by atoms with Gasteiger partial charge in [-0.1, -0.05) is 0 Å². The van der Waals surface area contributed by atoms with Crippen molar-refractivity contribution < 1.29 is 28.8 Å². The van der Waals surface area contributed by atoms with Crippen LogP contribution in [0, 0.1) is 0 Å². The minimum absolute atomic E-state index is 0.231. The Morgan fingerprint density at radius 2 is 0.984 bits per heavy atom. The molecule has 0 saturated heterocycles. The lowest BCUT2D eigenvalue weighted by Gasteiger charge is -2.09. The smallest absolute Gasteiger partial charge is 0.273 e. The minimum Gasteiger partial charge on any atom is -0.352 e. The van der Waals surface area contributed by atoms with E-state index in [0.717, 1.165) is 25.9 Å². The quantitative estimate of drug-likeness (QED) is 0.0628. The lowest BCUT2D eigenvalue weighted by Crippen LogP contribution is -2.26. The molecule has 0 aliphatic carbocycles. The highest BCUT2D eigenvalue weighted by molar-refractivity contribution is 6.11. The van der Waals surface area contributed by atoms with Crippen molar-refractivity contribution in [1.29, 1.82) is 0 Å². The number of H-pyrrole nitrogens is 1. The number of benzene rings is 1. The first kappa shape index (κ1) is 45.2. The van der Waals surface area contributed by atoms with Gasteiger partial charge in [0.1, 0.15) is 28.7 Å². The third-order valence-electron chi connectivity index (χ3n) is 10.3. The maximum Gasteiger partial charge on any atom is 0.273 e. The SMILES string of the molecule is CN(C)CCCNC(=O)c1cc(NC(=O)c2cc(NC(=O)c3ccc4[nH]c(C(=O)Nc5cc(C(=O)Nc6cc(C(=O)NCCCN(C)C)cn6C)n(C)c5)cc4c3)cn2C)n(C)c1. The number of carbonyl (C=O) groups is 6. The van der Waals surface area contributed by atoms with Gasteiger partial charge in [0, 0.05) is 82.5 Å². The molecule has 1 aromatic carbocycles. The molecular formula is C44H55N13O6. The molecule has 0 aliphatic heterocycles. The molecule has 19 nitrogen and oxygen atoms in total. The van der Waals surface area contributed by atoms with Crippen LogP contribution in [0.25, 0.3) is 10.9 Å². The number of amides is 6. The maximum absolute atomic E-state index is 13.4. The fourth-order valence-electron chi connectivity index (χ4n) is 6.90.